The van der Waals surface area contributed by atoms with Gasteiger partial charge in [-0.15, -0.1) is 0 Å². The molecule has 0 N–H and O–H groups in total. The van der Waals surface area contributed by atoms with E-state index in [0.29, 0.717) is 13.2 Å². The van der Waals surface area contributed by atoms with Crippen molar-refractivity contribution < 1.29 is 18.9 Å². The zero-order chi connectivity index (χ0) is 40.5. The van der Waals surface area contributed by atoms with Crippen LogP contribution in [0.25, 0.3) is 0 Å². The molecule has 0 spiro atoms. The standard InChI is InChI=1S/C50H80N2O4/c1-9-11-13-31-49(3,4)45-23-27-47(28-24-45)55-39-17-37-53-35-15-33-51(7)41-43-19-21-44(22-20-43)42-52(8)34-16-36-54-38-18-40-56-48-29-25-46(26-30-48)50(5,6)32-14-12-10-2/h19-30H,9-18,31-42H2,1-8H3. The van der Waals surface area contributed by atoms with Crippen LogP contribution in [0.5, 0.6) is 11.5 Å². The highest BCUT2D eigenvalue weighted by atomic mass is 16.5. The molecule has 3 aromatic rings. The van der Waals surface area contributed by atoms with Crippen molar-refractivity contribution in [3.63, 3.8) is 0 Å². The van der Waals surface area contributed by atoms with Crippen LogP contribution in [0, 0.1) is 0 Å². The van der Waals surface area contributed by atoms with E-state index in [1.54, 1.807) is 0 Å². The topological polar surface area (TPSA) is 43.4 Å². The van der Waals surface area contributed by atoms with E-state index in [4.69, 9.17) is 18.9 Å². The second-order valence-electron chi connectivity index (χ2n) is 17.4. The van der Waals surface area contributed by atoms with E-state index < -0.39 is 0 Å². The first kappa shape index (κ1) is 47.5. The SMILES string of the molecule is CCCCCC(C)(C)c1ccc(OCCCOCCCN(C)Cc2ccc(CN(C)CCCOCCCOc3ccc(C(C)(C)CCCCC)cc3)cc2)cc1. The fourth-order valence-corrected chi connectivity index (χ4v) is 7.24. The average molecular weight is 773 g/mol. The van der Waals surface area contributed by atoms with Gasteiger partial charge in [-0.3, -0.25) is 0 Å². The first-order valence-electron chi connectivity index (χ1n) is 22.1. The first-order valence-corrected chi connectivity index (χ1v) is 22.1. The Morgan fingerprint density at radius 2 is 0.786 bits per heavy atom. The molecule has 6 heteroatoms. The molecule has 0 aliphatic heterocycles. The summed E-state index contributed by atoms with van der Waals surface area (Å²) in [5, 5.41) is 0. The van der Waals surface area contributed by atoms with Crippen LogP contribution in [0.15, 0.2) is 72.8 Å². The summed E-state index contributed by atoms with van der Waals surface area (Å²) in [4.78, 5) is 4.75. The number of benzene rings is 3. The molecule has 0 fully saturated rings. The van der Waals surface area contributed by atoms with Gasteiger partial charge in [0.05, 0.1) is 13.2 Å². The third kappa shape index (κ3) is 19.5. The molecule has 0 aromatic heterocycles. The Morgan fingerprint density at radius 1 is 0.429 bits per heavy atom. The largest absolute Gasteiger partial charge is 0.494 e. The molecule has 0 aliphatic rings. The molecule has 3 rings (SSSR count). The predicted octanol–water partition coefficient (Wildman–Crippen LogP) is 12.0. The average Bonchev–Trinajstić information content (AvgIpc) is 3.18. The van der Waals surface area contributed by atoms with Crippen LogP contribution in [0.1, 0.15) is 141 Å². The summed E-state index contributed by atoms with van der Waals surface area (Å²) in [6.45, 7) is 22.3. The Kier molecular flexibility index (Phi) is 22.8. The number of unbranched alkanes of at least 4 members (excludes halogenated alkanes) is 4. The molecule has 0 saturated carbocycles. The van der Waals surface area contributed by atoms with Crippen LogP contribution in [0.3, 0.4) is 0 Å². The third-order valence-electron chi connectivity index (χ3n) is 11.1. The van der Waals surface area contributed by atoms with Crippen molar-refractivity contribution in [2.24, 2.45) is 0 Å². The van der Waals surface area contributed by atoms with Gasteiger partial charge in [0, 0.05) is 65.4 Å². The van der Waals surface area contributed by atoms with Gasteiger partial charge in [-0.05, 0) is 97.1 Å². The maximum Gasteiger partial charge on any atom is 0.119 e. The van der Waals surface area contributed by atoms with Crippen molar-refractivity contribution in [2.45, 2.75) is 143 Å². The summed E-state index contributed by atoms with van der Waals surface area (Å²) in [7, 11) is 4.38. The molecule has 0 unspecified atom stereocenters. The molecule has 3 aromatic carbocycles. The molecule has 0 heterocycles. The van der Waals surface area contributed by atoms with Crippen molar-refractivity contribution in [1.29, 1.82) is 0 Å². The van der Waals surface area contributed by atoms with Crippen molar-refractivity contribution in [3.8, 4) is 11.5 Å². The highest BCUT2D eigenvalue weighted by molar-refractivity contribution is 5.32. The predicted molar refractivity (Wildman–Crippen MR) is 237 cm³/mol. The lowest BCUT2D eigenvalue weighted by Gasteiger charge is -2.25. The maximum absolute atomic E-state index is 5.98. The molecule has 0 aliphatic carbocycles. The summed E-state index contributed by atoms with van der Waals surface area (Å²) < 4.78 is 23.8. The highest BCUT2D eigenvalue weighted by Gasteiger charge is 2.21. The monoisotopic (exact) mass is 773 g/mol. The molecule has 314 valence electrons. The Labute approximate surface area is 343 Å². The quantitative estimate of drug-likeness (QED) is 0.0589. The molecule has 56 heavy (non-hydrogen) atoms. The van der Waals surface area contributed by atoms with Gasteiger partial charge in [-0.1, -0.05) is 129 Å². The molecule has 0 radical (unpaired) electrons. The molecule has 0 atom stereocenters. The lowest BCUT2D eigenvalue weighted by Crippen LogP contribution is -2.21. The van der Waals surface area contributed by atoms with Gasteiger partial charge < -0.3 is 28.7 Å². The minimum Gasteiger partial charge on any atom is -0.494 e. The zero-order valence-corrected chi connectivity index (χ0v) is 37.0. The van der Waals surface area contributed by atoms with Crippen LogP contribution in [0.4, 0.5) is 0 Å². The third-order valence-corrected chi connectivity index (χ3v) is 11.1. The minimum absolute atomic E-state index is 0.215. The van der Waals surface area contributed by atoms with Crippen molar-refractivity contribution >= 4 is 0 Å². The van der Waals surface area contributed by atoms with Gasteiger partial charge in [0.1, 0.15) is 11.5 Å². The number of hydrogen-bond acceptors (Lipinski definition) is 6. The van der Waals surface area contributed by atoms with E-state index in [0.717, 1.165) is 89.8 Å². The Hall–Kier alpha value is -2.90. The number of ether oxygens (including phenoxy) is 4. The van der Waals surface area contributed by atoms with Gasteiger partial charge in [0.25, 0.3) is 0 Å². The van der Waals surface area contributed by atoms with E-state index in [9.17, 15) is 0 Å². The maximum atomic E-state index is 5.98. The van der Waals surface area contributed by atoms with Crippen molar-refractivity contribution in [3.05, 3.63) is 95.1 Å². The second-order valence-corrected chi connectivity index (χ2v) is 17.4. The van der Waals surface area contributed by atoms with E-state index >= 15 is 0 Å². The Balaban J connectivity index is 1.16. The molecule has 0 bridgehead atoms. The lowest BCUT2D eigenvalue weighted by molar-refractivity contribution is 0.110. The molecule has 6 nitrogen and oxygen atoms in total. The van der Waals surface area contributed by atoms with Gasteiger partial charge in [-0.2, -0.15) is 0 Å². The fourth-order valence-electron chi connectivity index (χ4n) is 7.24. The smallest absolute Gasteiger partial charge is 0.119 e. The number of hydrogen-bond donors (Lipinski definition) is 0. The van der Waals surface area contributed by atoms with Crippen LogP contribution in [0.2, 0.25) is 0 Å². The highest BCUT2D eigenvalue weighted by Crippen LogP contribution is 2.31. The van der Waals surface area contributed by atoms with Crippen LogP contribution >= 0.6 is 0 Å². The van der Waals surface area contributed by atoms with E-state index in [-0.39, 0.29) is 10.8 Å². The van der Waals surface area contributed by atoms with Crippen LogP contribution < -0.4 is 9.47 Å². The normalized spacial score (nSPS) is 12.2. The lowest BCUT2D eigenvalue weighted by atomic mass is 9.80. The van der Waals surface area contributed by atoms with Gasteiger partial charge in [-0.25, -0.2) is 0 Å². The summed E-state index contributed by atoms with van der Waals surface area (Å²) in [6, 6.07) is 26.5. The summed E-state index contributed by atoms with van der Waals surface area (Å²) in [5.41, 5.74) is 5.92. The Bertz CT molecular complexity index is 1300. The van der Waals surface area contributed by atoms with Crippen LogP contribution in [-0.4, -0.2) is 76.6 Å². The fraction of sp³-hybridized carbons (Fsp3) is 0.640. The molecular weight excluding hydrogens is 693 g/mol. The summed E-state index contributed by atoms with van der Waals surface area (Å²) >= 11 is 0. The minimum atomic E-state index is 0.215. The van der Waals surface area contributed by atoms with Gasteiger partial charge in [0.2, 0.25) is 0 Å². The number of nitrogens with zero attached hydrogens (tertiary/aromatic N) is 2. The van der Waals surface area contributed by atoms with E-state index in [2.05, 4.69) is 138 Å². The van der Waals surface area contributed by atoms with E-state index in [1.165, 1.54) is 73.6 Å². The molecule has 0 saturated heterocycles. The van der Waals surface area contributed by atoms with Gasteiger partial charge >= 0.3 is 0 Å². The van der Waals surface area contributed by atoms with Crippen molar-refractivity contribution in [2.75, 3.05) is 66.8 Å². The second kappa shape index (κ2) is 26.9. The van der Waals surface area contributed by atoms with Crippen LogP contribution in [-0.2, 0) is 33.4 Å². The zero-order valence-electron chi connectivity index (χ0n) is 37.0. The first-order chi connectivity index (χ1) is 27.0. The Morgan fingerprint density at radius 3 is 1.14 bits per heavy atom. The summed E-state index contributed by atoms with van der Waals surface area (Å²) in [6.07, 6.45) is 14.0. The van der Waals surface area contributed by atoms with Crippen molar-refractivity contribution in [1.82, 2.24) is 9.80 Å². The summed E-state index contributed by atoms with van der Waals surface area (Å²) in [5.74, 6) is 1.90. The van der Waals surface area contributed by atoms with E-state index in [1.807, 2.05) is 0 Å². The number of rotatable bonds is 32. The molecular formula is C50H80N2O4. The molecule has 0 amide bonds. The van der Waals surface area contributed by atoms with Gasteiger partial charge in [0.15, 0.2) is 0 Å².